The number of alkyl halides is 2. The normalized spacial score (nSPS) is 13.9. The van der Waals surface area contributed by atoms with Gasteiger partial charge in [0.05, 0.1) is 6.04 Å². The molecule has 0 amide bonds. The van der Waals surface area contributed by atoms with Crippen LogP contribution in [0, 0.1) is 0 Å². The molecule has 0 bridgehead atoms. The third-order valence-electron chi connectivity index (χ3n) is 2.01. The van der Waals surface area contributed by atoms with Gasteiger partial charge in [0.1, 0.15) is 0 Å². The summed E-state index contributed by atoms with van der Waals surface area (Å²) in [5, 5.41) is 4.04. The summed E-state index contributed by atoms with van der Waals surface area (Å²) in [6.45, 7) is 3.90. The van der Waals surface area contributed by atoms with E-state index < -0.39 is 12.5 Å². The maximum absolute atomic E-state index is 12.2. The molecule has 1 aromatic rings. The lowest BCUT2D eigenvalue weighted by atomic mass is 10.1. The molecule has 0 aromatic carbocycles. The number of hydrogen-bond donors (Lipinski definition) is 1. The van der Waals surface area contributed by atoms with Crippen molar-refractivity contribution in [2.75, 3.05) is 0 Å². The fourth-order valence-corrected chi connectivity index (χ4v) is 1.30. The summed E-state index contributed by atoms with van der Waals surface area (Å²) in [6, 6.07) is 0.788. The molecule has 0 aliphatic heterocycles. The van der Waals surface area contributed by atoms with Crippen LogP contribution in [0.1, 0.15) is 25.6 Å². The summed E-state index contributed by atoms with van der Waals surface area (Å²) in [4.78, 5) is 0. The van der Waals surface area contributed by atoms with Gasteiger partial charge in [-0.1, -0.05) is 0 Å². The average Bonchev–Trinajstić information content (AvgIpc) is 2.52. The van der Waals surface area contributed by atoms with Crippen LogP contribution in [-0.2, 0) is 6.42 Å². The van der Waals surface area contributed by atoms with E-state index in [0.29, 0.717) is 0 Å². The van der Waals surface area contributed by atoms with Gasteiger partial charge in [0.25, 0.3) is 6.43 Å². The molecule has 1 atom stereocenters. The minimum Gasteiger partial charge on any atom is -0.323 e. The molecule has 1 rings (SSSR count). The van der Waals surface area contributed by atoms with E-state index in [9.17, 15) is 8.78 Å². The first-order valence-electron chi connectivity index (χ1n) is 4.58. The second kappa shape index (κ2) is 4.50. The van der Waals surface area contributed by atoms with Gasteiger partial charge in [-0.05, 0) is 19.9 Å². The zero-order valence-electron chi connectivity index (χ0n) is 8.32. The number of nitrogens with zero attached hydrogens (tertiary/aromatic N) is 2. The van der Waals surface area contributed by atoms with Crippen LogP contribution in [0.5, 0.6) is 0 Å². The van der Waals surface area contributed by atoms with E-state index in [1.54, 1.807) is 16.9 Å². The first-order chi connectivity index (χ1) is 6.52. The number of aromatic nitrogens is 2. The molecule has 3 nitrogen and oxygen atoms in total. The van der Waals surface area contributed by atoms with Crippen molar-refractivity contribution in [3.63, 3.8) is 0 Å². The van der Waals surface area contributed by atoms with Crippen LogP contribution in [0.3, 0.4) is 0 Å². The predicted octanol–water partition coefficient (Wildman–Crippen LogP) is 1.60. The Kier molecular flexibility index (Phi) is 3.57. The van der Waals surface area contributed by atoms with Crippen LogP contribution in [0.4, 0.5) is 8.78 Å². The standard InChI is InChI=1S/C9H15F2N3/c1-6(2)14-7(3-4-13-14)5-8(12)9(10)11/h3-4,6,8-9H,5,12H2,1-2H3. The number of nitrogens with two attached hydrogens (primary N) is 1. The van der Waals surface area contributed by atoms with Gasteiger partial charge in [0, 0.05) is 24.4 Å². The molecule has 0 aliphatic rings. The van der Waals surface area contributed by atoms with Crippen molar-refractivity contribution in [1.82, 2.24) is 9.78 Å². The maximum atomic E-state index is 12.2. The smallest absolute Gasteiger partial charge is 0.253 e. The van der Waals surface area contributed by atoms with E-state index >= 15 is 0 Å². The van der Waals surface area contributed by atoms with Crippen molar-refractivity contribution >= 4 is 0 Å². The summed E-state index contributed by atoms with van der Waals surface area (Å²) >= 11 is 0. The molecule has 0 saturated heterocycles. The molecular formula is C9H15F2N3. The topological polar surface area (TPSA) is 43.8 Å². The van der Waals surface area contributed by atoms with Crippen molar-refractivity contribution < 1.29 is 8.78 Å². The molecule has 0 spiro atoms. The van der Waals surface area contributed by atoms with Gasteiger partial charge in [-0.25, -0.2) is 8.78 Å². The molecule has 0 radical (unpaired) electrons. The van der Waals surface area contributed by atoms with E-state index in [1.807, 2.05) is 13.8 Å². The Hall–Kier alpha value is -0.970. The highest BCUT2D eigenvalue weighted by Crippen LogP contribution is 2.11. The zero-order chi connectivity index (χ0) is 10.7. The minimum atomic E-state index is -2.48. The summed E-state index contributed by atoms with van der Waals surface area (Å²) in [5.41, 5.74) is 6.04. The van der Waals surface area contributed by atoms with Crippen molar-refractivity contribution in [2.24, 2.45) is 5.73 Å². The summed E-state index contributed by atoms with van der Waals surface area (Å²) in [5.74, 6) is 0. The average molecular weight is 203 g/mol. The highest BCUT2D eigenvalue weighted by Gasteiger charge is 2.18. The number of halogens is 2. The van der Waals surface area contributed by atoms with Crippen molar-refractivity contribution in [3.05, 3.63) is 18.0 Å². The Labute approximate surface area is 81.9 Å². The second-order valence-electron chi connectivity index (χ2n) is 3.56. The SMILES string of the molecule is CC(C)n1nccc1CC(N)C(F)F. The minimum absolute atomic E-state index is 0.163. The maximum Gasteiger partial charge on any atom is 0.253 e. The third-order valence-corrected chi connectivity index (χ3v) is 2.01. The Bertz CT molecular complexity index is 283. The molecule has 0 aliphatic carbocycles. The lowest BCUT2D eigenvalue weighted by Crippen LogP contribution is -2.32. The quantitative estimate of drug-likeness (QED) is 0.807. The summed E-state index contributed by atoms with van der Waals surface area (Å²) in [6.07, 6.45) is -0.714. The molecule has 5 heteroatoms. The molecule has 0 saturated carbocycles. The Balaban J connectivity index is 2.71. The van der Waals surface area contributed by atoms with Gasteiger partial charge in [-0.3, -0.25) is 4.68 Å². The first kappa shape index (κ1) is 11.1. The first-order valence-corrected chi connectivity index (χ1v) is 4.58. The van der Waals surface area contributed by atoms with E-state index in [2.05, 4.69) is 5.10 Å². The van der Waals surface area contributed by atoms with Crippen molar-refractivity contribution in [1.29, 1.82) is 0 Å². The van der Waals surface area contributed by atoms with Crippen LogP contribution in [-0.4, -0.2) is 22.2 Å². The van der Waals surface area contributed by atoms with E-state index in [-0.39, 0.29) is 12.5 Å². The summed E-state index contributed by atoms with van der Waals surface area (Å²) in [7, 11) is 0. The fraction of sp³-hybridized carbons (Fsp3) is 0.667. The van der Waals surface area contributed by atoms with Gasteiger partial charge in [0.15, 0.2) is 0 Å². The van der Waals surface area contributed by atoms with E-state index in [4.69, 9.17) is 5.73 Å². The molecule has 1 unspecified atom stereocenters. The van der Waals surface area contributed by atoms with Crippen LogP contribution >= 0.6 is 0 Å². The van der Waals surface area contributed by atoms with E-state index in [0.717, 1.165) is 5.69 Å². The largest absolute Gasteiger partial charge is 0.323 e. The molecular weight excluding hydrogens is 188 g/mol. The molecule has 14 heavy (non-hydrogen) atoms. The van der Waals surface area contributed by atoms with Crippen molar-refractivity contribution in [2.45, 2.75) is 38.8 Å². The number of rotatable bonds is 4. The highest BCUT2D eigenvalue weighted by molar-refractivity contribution is 5.04. The van der Waals surface area contributed by atoms with Crippen molar-refractivity contribution in [3.8, 4) is 0 Å². The lowest BCUT2D eigenvalue weighted by Gasteiger charge is -2.14. The Morgan fingerprint density at radius 2 is 2.14 bits per heavy atom. The van der Waals surface area contributed by atoms with Gasteiger partial charge in [-0.15, -0.1) is 0 Å². The predicted molar refractivity (Wildman–Crippen MR) is 50.3 cm³/mol. The van der Waals surface area contributed by atoms with Gasteiger partial charge in [-0.2, -0.15) is 5.10 Å². The fourth-order valence-electron chi connectivity index (χ4n) is 1.30. The summed E-state index contributed by atoms with van der Waals surface area (Å²) < 4.78 is 26.1. The zero-order valence-corrected chi connectivity index (χ0v) is 8.32. The third kappa shape index (κ3) is 2.51. The molecule has 80 valence electrons. The van der Waals surface area contributed by atoms with Gasteiger partial charge < -0.3 is 5.73 Å². The molecule has 0 fully saturated rings. The monoisotopic (exact) mass is 203 g/mol. The second-order valence-corrected chi connectivity index (χ2v) is 3.56. The van der Waals surface area contributed by atoms with Crippen LogP contribution < -0.4 is 5.73 Å². The molecule has 1 heterocycles. The van der Waals surface area contributed by atoms with Gasteiger partial charge >= 0.3 is 0 Å². The lowest BCUT2D eigenvalue weighted by molar-refractivity contribution is 0.115. The molecule has 2 N–H and O–H groups in total. The van der Waals surface area contributed by atoms with Gasteiger partial charge in [0.2, 0.25) is 0 Å². The van der Waals surface area contributed by atoms with Crippen LogP contribution in [0.25, 0.3) is 0 Å². The van der Waals surface area contributed by atoms with Crippen LogP contribution in [0.2, 0.25) is 0 Å². The number of hydrogen-bond acceptors (Lipinski definition) is 2. The highest BCUT2D eigenvalue weighted by atomic mass is 19.3. The van der Waals surface area contributed by atoms with Crippen LogP contribution in [0.15, 0.2) is 12.3 Å². The van der Waals surface area contributed by atoms with E-state index in [1.165, 1.54) is 0 Å². The Morgan fingerprint density at radius 3 is 2.64 bits per heavy atom. The Morgan fingerprint density at radius 1 is 1.50 bits per heavy atom. The molecule has 1 aromatic heterocycles.